The minimum atomic E-state index is -0.542. The Morgan fingerprint density at radius 1 is 1.48 bits per heavy atom. The number of pyridine rings is 1. The maximum absolute atomic E-state index is 11.9. The quantitative estimate of drug-likeness (QED) is 0.864. The molecule has 0 spiro atoms. The molecule has 3 heterocycles. The van der Waals surface area contributed by atoms with Crippen molar-refractivity contribution >= 4 is 27.5 Å². The highest BCUT2D eigenvalue weighted by Crippen LogP contribution is 2.38. The van der Waals surface area contributed by atoms with Gasteiger partial charge in [-0.25, -0.2) is 9.78 Å². The van der Waals surface area contributed by atoms with Crippen molar-refractivity contribution in [2.24, 2.45) is 0 Å². The van der Waals surface area contributed by atoms with E-state index in [1.165, 1.54) is 6.20 Å². The molecule has 0 aromatic carbocycles. The molecule has 0 unspecified atom stereocenters. The Hall–Kier alpha value is -1.70. The third-order valence-corrected chi connectivity index (χ3v) is 5.18. The molecule has 3 rings (SSSR count). The van der Waals surface area contributed by atoms with Crippen LogP contribution in [0.5, 0.6) is 5.75 Å². The van der Waals surface area contributed by atoms with Crippen LogP contribution >= 0.6 is 11.3 Å². The van der Waals surface area contributed by atoms with Gasteiger partial charge in [0.05, 0.1) is 25.2 Å². The lowest BCUT2D eigenvalue weighted by molar-refractivity contribution is 0.0346. The minimum Gasteiger partial charge on any atom is -0.506 e. The second-order valence-corrected chi connectivity index (χ2v) is 6.54. The van der Waals surface area contributed by atoms with Crippen molar-refractivity contribution in [1.29, 1.82) is 0 Å². The second-order valence-electron chi connectivity index (χ2n) is 5.46. The first kappa shape index (κ1) is 16.2. The van der Waals surface area contributed by atoms with E-state index in [0.29, 0.717) is 5.39 Å². The standard InChI is InChI=1S/C16H20N2O4S/c1-3-22-16(20)11-8-17-15-13(14(11)19)10(2)12(23-15)9-18-4-6-21-7-5-18/h8H,3-7,9H2,1-2H3,(H,17,19). The van der Waals surface area contributed by atoms with Gasteiger partial charge < -0.3 is 14.6 Å². The molecule has 1 aliphatic rings. The molecule has 0 atom stereocenters. The number of hydrogen-bond donors (Lipinski definition) is 1. The number of esters is 1. The largest absolute Gasteiger partial charge is 0.506 e. The van der Waals surface area contributed by atoms with Gasteiger partial charge in [-0.15, -0.1) is 11.3 Å². The van der Waals surface area contributed by atoms with Crippen LogP contribution in [-0.4, -0.2) is 53.9 Å². The summed E-state index contributed by atoms with van der Waals surface area (Å²) in [6.45, 7) is 8.08. The monoisotopic (exact) mass is 336 g/mol. The Labute approximate surface area is 138 Å². The van der Waals surface area contributed by atoms with Crippen LogP contribution in [0, 0.1) is 6.92 Å². The Kier molecular flexibility index (Phi) is 4.79. The van der Waals surface area contributed by atoms with Crippen LogP contribution in [0.15, 0.2) is 6.20 Å². The summed E-state index contributed by atoms with van der Waals surface area (Å²) in [5, 5.41) is 11.1. The SMILES string of the molecule is CCOC(=O)c1cnc2sc(CN3CCOCC3)c(C)c2c1O. The van der Waals surface area contributed by atoms with Gasteiger partial charge in [-0.05, 0) is 19.4 Å². The molecule has 1 fully saturated rings. The number of fused-ring (bicyclic) bond motifs is 1. The summed E-state index contributed by atoms with van der Waals surface area (Å²) in [5.41, 5.74) is 1.10. The molecule has 0 saturated carbocycles. The lowest BCUT2D eigenvalue weighted by Gasteiger charge is -2.26. The fourth-order valence-corrected chi connectivity index (χ4v) is 3.90. The van der Waals surface area contributed by atoms with Gasteiger partial charge in [-0.1, -0.05) is 0 Å². The van der Waals surface area contributed by atoms with Gasteiger partial charge in [0, 0.05) is 30.7 Å². The molecule has 23 heavy (non-hydrogen) atoms. The third kappa shape index (κ3) is 3.17. The molecule has 1 N–H and O–H groups in total. The van der Waals surface area contributed by atoms with Gasteiger partial charge in [0.2, 0.25) is 0 Å². The fourth-order valence-electron chi connectivity index (χ4n) is 2.70. The van der Waals surface area contributed by atoms with Crippen LogP contribution in [0.1, 0.15) is 27.7 Å². The third-order valence-electron chi connectivity index (χ3n) is 4.00. The van der Waals surface area contributed by atoms with Crippen LogP contribution in [0.4, 0.5) is 0 Å². The Bertz CT molecular complexity index is 722. The average molecular weight is 336 g/mol. The van der Waals surface area contributed by atoms with E-state index >= 15 is 0 Å². The van der Waals surface area contributed by atoms with Crippen LogP contribution in [0.25, 0.3) is 10.2 Å². The first-order chi connectivity index (χ1) is 11.1. The minimum absolute atomic E-state index is 0.0320. The van der Waals surface area contributed by atoms with Crippen molar-refractivity contribution in [3.63, 3.8) is 0 Å². The number of aromatic hydroxyl groups is 1. The van der Waals surface area contributed by atoms with E-state index in [1.54, 1.807) is 18.3 Å². The highest BCUT2D eigenvalue weighted by molar-refractivity contribution is 7.18. The van der Waals surface area contributed by atoms with Crippen molar-refractivity contribution < 1.29 is 19.4 Å². The van der Waals surface area contributed by atoms with Crippen molar-refractivity contribution in [2.75, 3.05) is 32.9 Å². The lowest BCUT2D eigenvalue weighted by Crippen LogP contribution is -2.35. The number of carbonyl (C=O) groups excluding carboxylic acids is 1. The molecule has 6 nitrogen and oxygen atoms in total. The molecule has 2 aromatic heterocycles. The Morgan fingerprint density at radius 2 is 2.22 bits per heavy atom. The fraction of sp³-hybridized carbons (Fsp3) is 0.500. The molecular weight excluding hydrogens is 316 g/mol. The summed E-state index contributed by atoms with van der Waals surface area (Å²) in [7, 11) is 0. The molecule has 1 aliphatic heterocycles. The predicted molar refractivity (Wildman–Crippen MR) is 88.1 cm³/mol. The summed E-state index contributed by atoms with van der Waals surface area (Å²) in [4.78, 5) is 20.5. The summed E-state index contributed by atoms with van der Waals surface area (Å²) in [6.07, 6.45) is 1.39. The maximum Gasteiger partial charge on any atom is 0.343 e. The summed E-state index contributed by atoms with van der Waals surface area (Å²) < 4.78 is 10.3. The number of ether oxygens (including phenoxy) is 2. The van der Waals surface area contributed by atoms with E-state index in [9.17, 15) is 9.90 Å². The predicted octanol–water partition coefficient (Wildman–Crippen LogP) is 2.32. The topological polar surface area (TPSA) is 71.9 Å². The van der Waals surface area contributed by atoms with Crippen LogP contribution in [0.3, 0.4) is 0 Å². The van der Waals surface area contributed by atoms with Gasteiger partial charge in [0.25, 0.3) is 0 Å². The molecule has 0 bridgehead atoms. The number of aromatic nitrogens is 1. The molecule has 124 valence electrons. The summed E-state index contributed by atoms with van der Waals surface area (Å²) >= 11 is 1.56. The van der Waals surface area contributed by atoms with Gasteiger partial charge in [-0.3, -0.25) is 4.90 Å². The number of morpholine rings is 1. The number of carbonyl (C=O) groups is 1. The number of aryl methyl sites for hydroxylation is 1. The number of rotatable bonds is 4. The Morgan fingerprint density at radius 3 is 2.91 bits per heavy atom. The zero-order chi connectivity index (χ0) is 16.4. The first-order valence-corrected chi connectivity index (χ1v) is 8.50. The van der Waals surface area contributed by atoms with Crippen molar-refractivity contribution in [3.8, 4) is 5.75 Å². The normalized spacial score (nSPS) is 15.9. The van der Waals surface area contributed by atoms with E-state index < -0.39 is 5.97 Å². The number of thiophene rings is 1. The van der Waals surface area contributed by atoms with E-state index in [-0.39, 0.29) is 17.9 Å². The second kappa shape index (κ2) is 6.82. The zero-order valence-corrected chi connectivity index (χ0v) is 14.1. The van der Waals surface area contributed by atoms with Crippen molar-refractivity contribution in [3.05, 3.63) is 22.2 Å². The van der Waals surface area contributed by atoms with Gasteiger partial charge in [0.15, 0.2) is 0 Å². The average Bonchev–Trinajstić information content (AvgIpc) is 2.86. The van der Waals surface area contributed by atoms with E-state index in [1.807, 2.05) is 6.92 Å². The van der Waals surface area contributed by atoms with E-state index in [0.717, 1.165) is 48.1 Å². The first-order valence-electron chi connectivity index (χ1n) is 7.69. The molecule has 2 aromatic rings. The van der Waals surface area contributed by atoms with E-state index in [4.69, 9.17) is 9.47 Å². The van der Waals surface area contributed by atoms with Gasteiger partial charge in [0.1, 0.15) is 16.1 Å². The smallest absolute Gasteiger partial charge is 0.343 e. The van der Waals surface area contributed by atoms with Crippen LogP contribution < -0.4 is 0 Å². The number of nitrogens with zero attached hydrogens (tertiary/aromatic N) is 2. The molecule has 0 radical (unpaired) electrons. The highest BCUT2D eigenvalue weighted by atomic mass is 32.1. The molecule has 7 heteroatoms. The van der Waals surface area contributed by atoms with Gasteiger partial charge in [-0.2, -0.15) is 0 Å². The maximum atomic E-state index is 11.9. The summed E-state index contributed by atoms with van der Waals surface area (Å²) in [5.74, 6) is -0.574. The molecule has 0 amide bonds. The summed E-state index contributed by atoms with van der Waals surface area (Å²) in [6, 6.07) is 0. The lowest BCUT2D eigenvalue weighted by atomic mass is 10.1. The Balaban J connectivity index is 1.94. The highest BCUT2D eigenvalue weighted by Gasteiger charge is 2.22. The molecular formula is C16H20N2O4S. The molecule has 1 saturated heterocycles. The van der Waals surface area contributed by atoms with Crippen LogP contribution in [-0.2, 0) is 16.0 Å². The molecule has 0 aliphatic carbocycles. The van der Waals surface area contributed by atoms with Gasteiger partial charge >= 0.3 is 5.97 Å². The number of hydrogen-bond acceptors (Lipinski definition) is 7. The zero-order valence-electron chi connectivity index (χ0n) is 13.3. The van der Waals surface area contributed by atoms with E-state index in [2.05, 4.69) is 9.88 Å². The van der Waals surface area contributed by atoms with Crippen LogP contribution in [0.2, 0.25) is 0 Å². The van der Waals surface area contributed by atoms with Crippen molar-refractivity contribution in [2.45, 2.75) is 20.4 Å². The van der Waals surface area contributed by atoms with Crippen molar-refractivity contribution in [1.82, 2.24) is 9.88 Å².